The maximum Gasteiger partial charge on any atom is 0.416 e. The standard InChI is InChI=1S/C11H11F6NO2.ClH/c1-20-5-2-3-6(7(4-5)10(12,13)14)8(18)9(19)11(15,16)17;/h2-4,8-9,19H,18H2,1H3;1H/t8-,9-;/m0./s1. The maximum atomic E-state index is 12.8. The second-order valence-corrected chi connectivity index (χ2v) is 3.96. The van der Waals surface area contributed by atoms with E-state index in [9.17, 15) is 26.3 Å². The van der Waals surface area contributed by atoms with Gasteiger partial charge in [0.1, 0.15) is 5.75 Å². The van der Waals surface area contributed by atoms with Gasteiger partial charge in [-0.3, -0.25) is 0 Å². The molecule has 0 aliphatic heterocycles. The fourth-order valence-corrected chi connectivity index (χ4v) is 1.57. The first-order valence-corrected chi connectivity index (χ1v) is 5.24. The van der Waals surface area contributed by atoms with E-state index in [1.54, 1.807) is 0 Å². The van der Waals surface area contributed by atoms with Gasteiger partial charge in [0.2, 0.25) is 0 Å². The van der Waals surface area contributed by atoms with E-state index in [1.807, 2.05) is 0 Å². The van der Waals surface area contributed by atoms with Gasteiger partial charge in [-0.2, -0.15) is 26.3 Å². The van der Waals surface area contributed by atoms with Crippen molar-refractivity contribution in [2.24, 2.45) is 5.73 Å². The van der Waals surface area contributed by atoms with Crippen LogP contribution < -0.4 is 10.5 Å². The van der Waals surface area contributed by atoms with Gasteiger partial charge >= 0.3 is 12.4 Å². The molecule has 0 saturated heterocycles. The number of aliphatic hydroxyl groups is 1. The van der Waals surface area contributed by atoms with Gasteiger partial charge < -0.3 is 15.6 Å². The number of halogens is 7. The number of aliphatic hydroxyl groups excluding tert-OH is 1. The van der Waals surface area contributed by atoms with Gasteiger partial charge in [0.15, 0.2) is 6.10 Å². The molecule has 0 aliphatic carbocycles. The third-order valence-electron chi connectivity index (χ3n) is 2.60. The molecule has 0 aromatic heterocycles. The fourth-order valence-electron chi connectivity index (χ4n) is 1.57. The summed E-state index contributed by atoms with van der Waals surface area (Å²) < 4.78 is 80.0. The molecule has 0 fully saturated rings. The van der Waals surface area contributed by atoms with Crippen LogP contribution in [-0.2, 0) is 6.18 Å². The highest BCUT2D eigenvalue weighted by atomic mass is 35.5. The number of alkyl halides is 6. The van der Waals surface area contributed by atoms with Crippen molar-refractivity contribution in [2.45, 2.75) is 24.5 Å². The Hall–Kier alpha value is -1.19. The molecular formula is C11H12ClF6NO2. The molecule has 0 bridgehead atoms. The quantitative estimate of drug-likeness (QED) is 0.832. The van der Waals surface area contributed by atoms with Crippen LogP contribution in [-0.4, -0.2) is 24.5 Å². The summed E-state index contributed by atoms with van der Waals surface area (Å²) in [4.78, 5) is 0. The summed E-state index contributed by atoms with van der Waals surface area (Å²) in [6.07, 6.45) is -13.1. The number of hydrogen-bond acceptors (Lipinski definition) is 3. The van der Waals surface area contributed by atoms with E-state index in [1.165, 1.54) is 0 Å². The lowest BCUT2D eigenvalue weighted by molar-refractivity contribution is -0.211. The van der Waals surface area contributed by atoms with E-state index in [-0.39, 0.29) is 18.2 Å². The third kappa shape index (κ3) is 4.65. The Balaban J connectivity index is 0.00000400. The van der Waals surface area contributed by atoms with Gasteiger partial charge in [0, 0.05) is 0 Å². The summed E-state index contributed by atoms with van der Waals surface area (Å²) in [5, 5.41) is 8.98. The second kappa shape index (κ2) is 6.71. The monoisotopic (exact) mass is 339 g/mol. The number of methoxy groups -OCH3 is 1. The van der Waals surface area contributed by atoms with E-state index < -0.39 is 35.6 Å². The van der Waals surface area contributed by atoms with Crippen molar-refractivity contribution in [1.82, 2.24) is 0 Å². The van der Waals surface area contributed by atoms with Crippen molar-refractivity contribution in [3.05, 3.63) is 29.3 Å². The molecule has 3 nitrogen and oxygen atoms in total. The van der Waals surface area contributed by atoms with Crippen LogP contribution in [0.4, 0.5) is 26.3 Å². The predicted octanol–water partition coefficient (Wildman–Crippen LogP) is 3.06. The lowest BCUT2D eigenvalue weighted by atomic mass is 9.96. The van der Waals surface area contributed by atoms with E-state index in [0.717, 1.165) is 19.2 Å². The Bertz CT molecular complexity index is 477. The van der Waals surface area contributed by atoms with Gasteiger partial charge in [-0.05, 0) is 17.7 Å². The van der Waals surface area contributed by atoms with Gasteiger partial charge in [0.25, 0.3) is 0 Å². The summed E-state index contributed by atoms with van der Waals surface area (Å²) in [5.41, 5.74) is 2.86. The van der Waals surface area contributed by atoms with Crippen LogP contribution in [0, 0.1) is 0 Å². The lowest BCUT2D eigenvalue weighted by Crippen LogP contribution is -2.39. The lowest BCUT2D eigenvalue weighted by Gasteiger charge is -2.24. The normalized spacial score (nSPS) is 15.1. The molecule has 0 aliphatic rings. The molecule has 0 radical (unpaired) electrons. The molecule has 0 spiro atoms. The minimum absolute atomic E-state index is 0. The maximum absolute atomic E-state index is 12.8. The average molecular weight is 340 g/mol. The first kappa shape index (κ1) is 19.8. The zero-order valence-electron chi connectivity index (χ0n) is 10.5. The molecule has 21 heavy (non-hydrogen) atoms. The number of benzene rings is 1. The Kier molecular flexibility index (Phi) is 6.33. The number of hydrogen-bond donors (Lipinski definition) is 2. The van der Waals surface area contributed by atoms with Crippen LogP contribution in [0.25, 0.3) is 0 Å². The van der Waals surface area contributed by atoms with Crippen molar-refractivity contribution < 1.29 is 36.2 Å². The molecule has 0 unspecified atom stereocenters. The molecule has 122 valence electrons. The van der Waals surface area contributed by atoms with Crippen LogP contribution in [0.15, 0.2) is 18.2 Å². The predicted molar refractivity (Wildman–Crippen MR) is 64.2 cm³/mol. The summed E-state index contributed by atoms with van der Waals surface area (Å²) in [5.74, 6) is -0.185. The van der Waals surface area contributed by atoms with E-state index in [0.29, 0.717) is 6.07 Å². The average Bonchev–Trinajstić information content (AvgIpc) is 2.34. The van der Waals surface area contributed by atoms with Crippen molar-refractivity contribution in [2.75, 3.05) is 7.11 Å². The van der Waals surface area contributed by atoms with E-state index >= 15 is 0 Å². The molecule has 1 rings (SSSR count). The minimum Gasteiger partial charge on any atom is -0.497 e. The molecule has 0 saturated carbocycles. The van der Waals surface area contributed by atoms with E-state index in [4.69, 9.17) is 10.8 Å². The van der Waals surface area contributed by atoms with Crippen LogP contribution in [0.3, 0.4) is 0 Å². The molecule has 0 heterocycles. The Morgan fingerprint density at radius 2 is 1.67 bits per heavy atom. The molecule has 0 amide bonds. The molecule has 2 atom stereocenters. The minimum atomic E-state index is -5.12. The van der Waals surface area contributed by atoms with Gasteiger partial charge in [-0.15, -0.1) is 12.4 Å². The Labute approximate surface area is 122 Å². The summed E-state index contributed by atoms with van der Waals surface area (Å²) in [6.45, 7) is 0. The largest absolute Gasteiger partial charge is 0.497 e. The molecule has 10 heteroatoms. The number of nitrogens with two attached hydrogens (primary N) is 1. The van der Waals surface area contributed by atoms with Gasteiger partial charge in [0.05, 0.1) is 18.7 Å². The Morgan fingerprint density at radius 3 is 2.05 bits per heavy atom. The SMILES string of the molecule is COc1ccc([C@H](N)[C@H](O)C(F)(F)F)c(C(F)(F)F)c1.Cl. The smallest absolute Gasteiger partial charge is 0.416 e. The highest BCUT2D eigenvalue weighted by molar-refractivity contribution is 5.85. The zero-order valence-corrected chi connectivity index (χ0v) is 11.3. The zero-order chi connectivity index (χ0) is 15.7. The van der Waals surface area contributed by atoms with E-state index in [2.05, 4.69) is 4.74 Å². The van der Waals surface area contributed by atoms with Crippen molar-refractivity contribution in [3.8, 4) is 5.75 Å². The fraction of sp³-hybridized carbons (Fsp3) is 0.455. The highest BCUT2D eigenvalue weighted by Gasteiger charge is 2.45. The van der Waals surface area contributed by atoms with Crippen LogP contribution in [0.1, 0.15) is 17.2 Å². The number of ether oxygens (including phenoxy) is 1. The first-order valence-electron chi connectivity index (χ1n) is 5.24. The first-order chi connectivity index (χ1) is 8.98. The van der Waals surface area contributed by atoms with Crippen LogP contribution >= 0.6 is 12.4 Å². The topological polar surface area (TPSA) is 55.5 Å². The molecule has 3 N–H and O–H groups in total. The van der Waals surface area contributed by atoms with Crippen LogP contribution in [0.2, 0.25) is 0 Å². The van der Waals surface area contributed by atoms with Crippen LogP contribution in [0.5, 0.6) is 5.75 Å². The molecular weight excluding hydrogens is 328 g/mol. The molecule has 1 aromatic rings. The van der Waals surface area contributed by atoms with Crippen molar-refractivity contribution >= 4 is 12.4 Å². The van der Waals surface area contributed by atoms with Gasteiger partial charge in [-0.1, -0.05) is 6.07 Å². The Morgan fingerprint density at radius 1 is 1.14 bits per heavy atom. The summed E-state index contributed by atoms with van der Waals surface area (Å²) in [7, 11) is 1.11. The van der Waals surface area contributed by atoms with Gasteiger partial charge in [-0.25, -0.2) is 0 Å². The van der Waals surface area contributed by atoms with Crippen molar-refractivity contribution in [1.29, 1.82) is 0 Å². The number of rotatable bonds is 3. The van der Waals surface area contributed by atoms with Crippen molar-refractivity contribution in [3.63, 3.8) is 0 Å². The summed E-state index contributed by atoms with van der Waals surface area (Å²) >= 11 is 0. The second-order valence-electron chi connectivity index (χ2n) is 3.96. The highest BCUT2D eigenvalue weighted by Crippen LogP contribution is 2.39. The molecule has 1 aromatic carbocycles. The third-order valence-corrected chi connectivity index (χ3v) is 2.60. The summed E-state index contributed by atoms with van der Waals surface area (Å²) in [6, 6.07) is 0.0603.